The highest BCUT2D eigenvalue weighted by molar-refractivity contribution is 5.79. The first kappa shape index (κ1) is 19.3. The number of hydrogen-bond acceptors (Lipinski definition) is 3. The molecule has 0 radical (unpaired) electrons. The fourth-order valence-corrected chi connectivity index (χ4v) is 1.73. The molecule has 0 amide bonds. The lowest BCUT2D eigenvalue weighted by atomic mass is 10.1. The zero-order valence-electron chi connectivity index (χ0n) is 15.4. The number of nitrogens with zero attached hydrogens (tertiary/aromatic N) is 2. The van der Waals surface area contributed by atoms with Gasteiger partial charge in [0.25, 0.3) is 0 Å². The van der Waals surface area contributed by atoms with Crippen LogP contribution in [-0.2, 0) is 0 Å². The standard InChI is InChI=1S/C18H32N4O/c1-7-19-17(21-14-18(3,4)22(5)6)20-12-13-23-16-10-8-15(2)9-11-16/h8-11H,7,12-14H2,1-6H3,(H2,19,20,21). The normalized spacial score (nSPS) is 12.4. The van der Waals surface area contributed by atoms with Gasteiger partial charge in [0.05, 0.1) is 13.1 Å². The largest absolute Gasteiger partial charge is 0.492 e. The van der Waals surface area contributed by atoms with Gasteiger partial charge in [-0.05, 0) is 53.9 Å². The minimum Gasteiger partial charge on any atom is -0.492 e. The van der Waals surface area contributed by atoms with Crippen molar-refractivity contribution in [2.24, 2.45) is 4.99 Å². The summed E-state index contributed by atoms with van der Waals surface area (Å²) in [5.41, 5.74) is 1.27. The number of hydrogen-bond donors (Lipinski definition) is 2. The second-order valence-electron chi connectivity index (χ2n) is 6.49. The molecular formula is C18H32N4O. The molecule has 0 aliphatic heterocycles. The lowest BCUT2D eigenvalue weighted by Crippen LogP contribution is -2.44. The van der Waals surface area contributed by atoms with Gasteiger partial charge in [0, 0.05) is 12.1 Å². The van der Waals surface area contributed by atoms with Crippen molar-refractivity contribution in [2.45, 2.75) is 33.2 Å². The Balaban J connectivity index is 2.42. The summed E-state index contributed by atoms with van der Waals surface area (Å²) >= 11 is 0. The third kappa shape index (κ3) is 7.37. The van der Waals surface area contributed by atoms with E-state index >= 15 is 0 Å². The van der Waals surface area contributed by atoms with E-state index in [1.165, 1.54) is 5.56 Å². The van der Waals surface area contributed by atoms with Crippen molar-refractivity contribution in [3.8, 4) is 5.75 Å². The van der Waals surface area contributed by atoms with Crippen molar-refractivity contribution in [3.05, 3.63) is 29.8 Å². The lowest BCUT2D eigenvalue weighted by Gasteiger charge is -2.31. The third-order valence-electron chi connectivity index (χ3n) is 3.86. The summed E-state index contributed by atoms with van der Waals surface area (Å²) in [6.07, 6.45) is 0. The van der Waals surface area contributed by atoms with Crippen LogP contribution in [0.1, 0.15) is 26.3 Å². The minimum absolute atomic E-state index is 0.0285. The quantitative estimate of drug-likeness (QED) is 0.438. The summed E-state index contributed by atoms with van der Waals surface area (Å²) in [7, 11) is 4.15. The van der Waals surface area contributed by atoms with Crippen LogP contribution in [0.25, 0.3) is 0 Å². The minimum atomic E-state index is 0.0285. The molecule has 2 N–H and O–H groups in total. The first-order valence-corrected chi connectivity index (χ1v) is 8.24. The molecule has 0 unspecified atom stereocenters. The molecule has 0 bridgehead atoms. The molecule has 0 fully saturated rings. The Kier molecular flexibility index (Phi) is 7.89. The summed E-state index contributed by atoms with van der Waals surface area (Å²) in [5.74, 6) is 1.73. The first-order valence-electron chi connectivity index (χ1n) is 8.24. The summed E-state index contributed by atoms with van der Waals surface area (Å²) in [4.78, 5) is 6.84. The molecular weight excluding hydrogens is 288 g/mol. The number of nitrogens with one attached hydrogen (secondary N) is 2. The Morgan fingerprint density at radius 1 is 1.17 bits per heavy atom. The van der Waals surface area contributed by atoms with Crippen LogP contribution in [0.2, 0.25) is 0 Å². The van der Waals surface area contributed by atoms with Gasteiger partial charge in [0.1, 0.15) is 12.4 Å². The molecule has 0 aliphatic carbocycles. The summed E-state index contributed by atoms with van der Waals surface area (Å²) < 4.78 is 5.72. The SMILES string of the molecule is CCNC(=NCC(C)(C)N(C)C)NCCOc1ccc(C)cc1. The number of benzene rings is 1. The average Bonchev–Trinajstić information content (AvgIpc) is 2.50. The van der Waals surface area contributed by atoms with Gasteiger partial charge in [-0.1, -0.05) is 17.7 Å². The fraction of sp³-hybridized carbons (Fsp3) is 0.611. The molecule has 0 saturated carbocycles. The Hall–Kier alpha value is -1.75. The van der Waals surface area contributed by atoms with Crippen molar-refractivity contribution in [1.82, 2.24) is 15.5 Å². The Morgan fingerprint density at radius 3 is 2.39 bits per heavy atom. The van der Waals surface area contributed by atoms with Crippen LogP contribution in [0, 0.1) is 6.92 Å². The van der Waals surface area contributed by atoms with Crippen molar-refractivity contribution in [1.29, 1.82) is 0 Å². The maximum Gasteiger partial charge on any atom is 0.191 e. The van der Waals surface area contributed by atoms with Gasteiger partial charge < -0.3 is 20.3 Å². The van der Waals surface area contributed by atoms with Crippen molar-refractivity contribution in [2.75, 3.05) is 40.3 Å². The summed E-state index contributed by atoms with van der Waals surface area (Å²) in [5, 5.41) is 6.57. The predicted octanol–water partition coefficient (Wildman–Crippen LogP) is 2.27. The molecule has 130 valence electrons. The van der Waals surface area contributed by atoms with Gasteiger partial charge >= 0.3 is 0 Å². The number of guanidine groups is 1. The smallest absolute Gasteiger partial charge is 0.191 e. The number of ether oxygens (including phenoxy) is 1. The molecule has 5 nitrogen and oxygen atoms in total. The van der Waals surface area contributed by atoms with Gasteiger partial charge in [-0.25, -0.2) is 0 Å². The average molecular weight is 320 g/mol. The van der Waals surface area contributed by atoms with Crippen LogP contribution >= 0.6 is 0 Å². The van der Waals surface area contributed by atoms with E-state index < -0.39 is 0 Å². The van der Waals surface area contributed by atoms with E-state index in [1.807, 2.05) is 12.1 Å². The maximum atomic E-state index is 5.72. The number of rotatable bonds is 8. The van der Waals surface area contributed by atoms with E-state index in [4.69, 9.17) is 4.74 Å². The van der Waals surface area contributed by atoms with Crippen LogP contribution in [0.5, 0.6) is 5.75 Å². The first-order chi connectivity index (χ1) is 10.8. The van der Waals surface area contributed by atoms with E-state index in [1.54, 1.807) is 0 Å². The van der Waals surface area contributed by atoms with Crippen LogP contribution in [0.4, 0.5) is 0 Å². The fourth-order valence-electron chi connectivity index (χ4n) is 1.73. The Bertz CT molecular complexity index is 480. The van der Waals surface area contributed by atoms with Crippen LogP contribution < -0.4 is 15.4 Å². The monoisotopic (exact) mass is 320 g/mol. The number of aliphatic imine (C=N–C) groups is 1. The molecule has 0 saturated heterocycles. The molecule has 0 aliphatic rings. The molecule has 0 spiro atoms. The van der Waals surface area contributed by atoms with E-state index in [0.29, 0.717) is 13.2 Å². The van der Waals surface area contributed by atoms with E-state index in [0.717, 1.165) is 24.8 Å². The number of likely N-dealkylation sites (N-methyl/N-ethyl adjacent to an activating group) is 1. The van der Waals surface area contributed by atoms with Crippen LogP contribution in [0.15, 0.2) is 29.3 Å². The van der Waals surface area contributed by atoms with Crippen molar-refractivity contribution >= 4 is 5.96 Å². The second-order valence-corrected chi connectivity index (χ2v) is 6.49. The van der Waals surface area contributed by atoms with E-state index in [2.05, 4.69) is 74.4 Å². The van der Waals surface area contributed by atoms with E-state index in [9.17, 15) is 0 Å². The van der Waals surface area contributed by atoms with Crippen LogP contribution in [-0.4, -0.2) is 56.7 Å². The molecule has 0 atom stereocenters. The summed E-state index contributed by atoms with van der Waals surface area (Å²) in [6, 6.07) is 8.09. The zero-order valence-corrected chi connectivity index (χ0v) is 15.4. The summed E-state index contributed by atoms with van der Waals surface area (Å²) in [6.45, 7) is 11.4. The second kappa shape index (κ2) is 9.40. The molecule has 0 aromatic heterocycles. The zero-order chi connectivity index (χ0) is 17.3. The molecule has 5 heteroatoms. The van der Waals surface area contributed by atoms with Gasteiger partial charge in [-0.3, -0.25) is 4.99 Å². The lowest BCUT2D eigenvalue weighted by molar-refractivity contribution is 0.204. The van der Waals surface area contributed by atoms with Gasteiger partial charge in [-0.15, -0.1) is 0 Å². The molecule has 1 aromatic carbocycles. The maximum absolute atomic E-state index is 5.72. The predicted molar refractivity (Wildman–Crippen MR) is 98.4 cm³/mol. The highest BCUT2D eigenvalue weighted by Gasteiger charge is 2.19. The molecule has 1 rings (SSSR count). The third-order valence-corrected chi connectivity index (χ3v) is 3.86. The molecule has 23 heavy (non-hydrogen) atoms. The van der Waals surface area contributed by atoms with Crippen molar-refractivity contribution < 1.29 is 4.74 Å². The van der Waals surface area contributed by atoms with E-state index in [-0.39, 0.29) is 5.54 Å². The highest BCUT2D eigenvalue weighted by atomic mass is 16.5. The van der Waals surface area contributed by atoms with Gasteiger partial charge in [-0.2, -0.15) is 0 Å². The number of aryl methyl sites for hydroxylation is 1. The van der Waals surface area contributed by atoms with Gasteiger partial charge in [0.2, 0.25) is 0 Å². The Morgan fingerprint density at radius 2 is 1.83 bits per heavy atom. The topological polar surface area (TPSA) is 48.9 Å². The Labute approximate surface area is 141 Å². The molecule has 1 aromatic rings. The highest BCUT2D eigenvalue weighted by Crippen LogP contribution is 2.11. The van der Waals surface area contributed by atoms with Crippen molar-refractivity contribution in [3.63, 3.8) is 0 Å². The van der Waals surface area contributed by atoms with Crippen LogP contribution in [0.3, 0.4) is 0 Å². The molecule has 0 heterocycles. The van der Waals surface area contributed by atoms with Gasteiger partial charge in [0.15, 0.2) is 5.96 Å².